The second kappa shape index (κ2) is 5.61. The zero-order valence-electron chi connectivity index (χ0n) is 15.7. The van der Waals surface area contributed by atoms with Gasteiger partial charge in [-0.3, -0.25) is 9.69 Å². The molecule has 4 aliphatic heterocycles. The van der Waals surface area contributed by atoms with Gasteiger partial charge in [0.15, 0.2) is 0 Å². The van der Waals surface area contributed by atoms with Crippen LogP contribution in [0.3, 0.4) is 0 Å². The molecule has 27 heavy (non-hydrogen) atoms. The molecule has 2 aromatic rings. The summed E-state index contributed by atoms with van der Waals surface area (Å²) in [6.07, 6.45) is 4.95. The number of amides is 1. The number of likely N-dealkylation sites (N-methyl/N-ethyl adjacent to an activating group) is 1. The number of hydrogen-bond donors (Lipinski definition) is 1. The Balaban J connectivity index is 1.32. The fourth-order valence-corrected chi connectivity index (χ4v) is 6.75. The summed E-state index contributed by atoms with van der Waals surface area (Å²) >= 11 is 1.61. The van der Waals surface area contributed by atoms with Crippen LogP contribution in [0.4, 0.5) is 5.69 Å². The average molecular weight is 384 g/mol. The summed E-state index contributed by atoms with van der Waals surface area (Å²) < 4.78 is 6.98. The highest BCUT2D eigenvalue weighted by atomic mass is 32.1. The molecule has 1 aliphatic carbocycles. The first-order valence-corrected chi connectivity index (χ1v) is 10.9. The van der Waals surface area contributed by atoms with E-state index in [1.165, 1.54) is 38.8 Å². The monoisotopic (exact) mass is 383 g/mol. The summed E-state index contributed by atoms with van der Waals surface area (Å²) in [6, 6.07) is 6.50. The average Bonchev–Trinajstić information content (AvgIpc) is 3.33. The van der Waals surface area contributed by atoms with Gasteiger partial charge in [-0.05, 0) is 68.3 Å². The molecule has 4 fully saturated rings. The minimum Gasteiger partial charge on any atom is -0.490 e. The Morgan fingerprint density at radius 3 is 2.85 bits per heavy atom. The number of rotatable bonds is 2. The van der Waals surface area contributed by atoms with E-state index in [1.54, 1.807) is 11.3 Å². The van der Waals surface area contributed by atoms with E-state index in [4.69, 9.17) is 4.74 Å². The van der Waals surface area contributed by atoms with Crippen molar-refractivity contribution in [1.29, 1.82) is 0 Å². The number of ether oxygens (including phenoxy) is 1. The Morgan fingerprint density at radius 2 is 2.07 bits per heavy atom. The third-order valence-corrected chi connectivity index (χ3v) is 8.34. The predicted molar refractivity (Wildman–Crippen MR) is 108 cm³/mol. The first-order chi connectivity index (χ1) is 13.2. The standard InChI is InChI=1S/C21H25N3O2S/c1-23-10-11-26-15-3-2-14-12-16(27-18(14)17(15)23)20(25)22-19-13-4-8-24(9-5-13)21(19)6-7-21/h2-3,12-13,19H,4-11H2,1H3,(H,22,25). The van der Waals surface area contributed by atoms with Gasteiger partial charge < -0.3 is 15.0 Å². The van der Waals surface area contributed by atoms with Crippen LogP contribution in [0.1, 0.15) is 35.4 Å². The van der Waals surface area contributed by atoms with E-state index in [-0.39, 0.29) is 11.4 Å². The molecule has 1 amide bonds. The van der Waals surface area contributed by atoms with Gasteiger partial charge in [0.05, 0.1) is 27.9 Å². The molecule has 1 spiro atoms. The maximum atomic E-state index is 13.2. The predicted octanol–water partition coefficient (Wildman–Crippen LogP) is 3.09. The van der Waals surface area contributed by atoms with Crippen LogP contribution in [-0.4, -0.2) is 55.7 Å². The number of nitrogens with zero attached hydrogens (tertiary/aromatic N) is 2. The maximum Gasteiger partial charge on any atom is 0.261 e. The molecule has 1 aromatic heterocycles. The van der Waals surface area contributed by atoms with Crippen molar-refractivity contribution < 1.29 is 9.53 Å². The van der Waals surface area contributed by atoms with Crippen LogP contribution < -0.4 is 15.0 Å². The topological polar surface area (TPSA) is 44.8 Å². The van der Waals surface area contributed by atoms with Gasteiger partial charge in [-0.1, -0.05) is 0 Å². The molecule has 1 atom stereocenters. The fraction of sp³-hybridized carbons (Fsp3) is 0.571. The summed E-state index contributed by atoms with van der Waals surface area (Å²) in [4.78, 5) is 18.9. The van der Waals surface area contributed by atoms with Crippen LogP contribution in [0.15, 0.2) is 18.2 Å². The third kappa shape index (κ3) is 2.29. The van der Waals surface area contributed by atoms with E-state index in [0.717, 1.165) is 39.6 Å². The number of piperidine rings is 3. The van der Waals surface area contributed by atoms with Gasteiger partial charge in [-0.25, -0.2) is 0 Å². The molecule has 1 unspecified atom stereocenters. The smallest absolute Gasteiger partial charge is 0.261 e. The van der Waals surface area contributed by atoms with Gasteiger partial charge >= 0.3 is 0 Å². The molecular weight excluding hydrogens is 358 g/mol. The Bertz CT molecular complexity index is 927. The normalized spacial score (nSPS) is 30.3. The van der Waals surface area contributed by atoms with Crippen LogP contribution >= 0.6 is 11.3 Å². The molecule has 5 heterocycles. The highest BCUT2D eigenvalue weighted by Crippen LogP contribution is 2.53. The zero-order chi connectivity index (χ0) is 18.2. The van der Waals surface area contributed by atoms with Crippen LogP contribution in [0.25, 0.3) is 10.1 Å². The SMILES string of the molecule is CN1CCOc2ccc3cc(C(=O)NC4C5CCN(CC5)C45CC5)sc3c21. The molecule has 1 saturated carbocycles. The van der Waals surface area contributed by atoms with Crippen molar-refractivity contribution in [2.45, 2.75) is 37.3 Å². The van der Waals surface area contributed by atoms with Gasteiger partial charge in [-0.2, -0.15) is 0 Å². The minimum atomic E-state index is 0.106. The highest BCUT2D eigenvalue weighted by molar-refractivity contribution is 7.21. The molecule has 3 saturated heterocycles. The number of carbonyl (C=O) groups is 1. The van der Waals surface area contributed by atoms with Crippen LogP contribution in [0.2, 0.25) is 0 Å². The van der Waals surface area contributed by atoms with Gasteiger partial charge in [0, 0.05) is 12.6 Å². The summed E-state index contributed by atoms with van der Waals surface area (Å²) in [5.41, 5.74) is 1.41. The van der Waals surface area contributed by atoms with Crippen molar-refractivity contribution in [2.24, 2.45) is 5.92 Å². The number of fused-ring (bicyclic) bond motifs is 5. The van der Waals surface area contributed by atoms with Crippen LogP contribution in [-0.2, 0) is 0 Å². The molecular formula is C21H25N3O2S. The molecule has 7 rings (SSSR count). The molecule has 2 bridgehead atoms. The second-order valence-electron chi connectivity index (χ2n) is 8.59. The lowest BCUT2D eigenvalue weighted by Gasteiger charge is -2.52. The molecule has 6 heteroatoms. The van der Waals surface area contributed by atoms with E-state index >= 15 is 0 Å². The van der Waals surface area contributed by atoms with E-state index in [1.807, 2.05) is 6.07 Å². The lowest BCUT2D eigenvalue weighted by molar-refractivity contribution is -0.00138. The Labute approximate surface area is 163 Å². The number of anilines is 1. The number of hydrogen-bond acceptors (Lipinski definition) is 5. The van der Waals surface area contributed by atoms with Crippen molar-refractivity contribution in [3.05, 3.63) is 23.1 Å². The first kappa shape index (κ1) is 16.2. The molecule has 1 aromatic carbocycles. The largest absolute Gasteiger partial charge is 0.490 e. The van der Waals surface area contributed by atoms with Crippen molar-refractivity contribution >= 4 is 33.0 Å². The summed E-state index contributed by atoms with van der Waals surface area (Å²) in [5.74, 6) is 1.69. The maximum absolute atomic E-state index is 13.2. The van der Waals surface area contributed by atoms with E-state index < -0.39 is 0 Å². The van der Waals surface area contributed by atoms with Crippen LogP contribution in [0.5, 0.6) is 5.75 Å². The lowest BCUT2D eigenvalue weighted by atomic mass is 9.77. The fourth-order valence-electron chi connectivity index (χ4n) is 5.60. The molecule has 142 valence electrons. The number of benzene rings is 1. The molecule has 1 N–H and O–H groups in total. The van der Waals surface area contributed by atoms with Gasteiger partial charge in [0.2, 0.25) is 0 Å². The first-order valence-electron chi connectivity index (χ1n) is 10.1. The number of carbonyl (C=O) groups excluding carboxylic acids is 1. The van der Waals surface area contributed by atoms with Gasteiger partial charge in [-0.15, -0.1) is 11.3 Å². The van der Waals surface area contributed by atoms with Crippen molar-refractivity contribution in [3.63, 3.8) is 0 Å². The number of thiophene rings is 1. The number of nitrogens with one attached hydrogen (secondary N) is 1. The van der Waals surface area contributed by atoms with E-state index in [2.05, 4.69) is 34.3 Å². The van der Waals surface area contributed by atoms with Gasteiger partial charge in [0.1, 0.15) is 12.4 Å². The minimum absolute atomic E-state index is 0.106. The van der Waals surface area contributed by atoms with Crippen LogP contribution in [0, 0.1) is 5.92 Å². The molecule has 0 radical (unpaired) electrons. The molecule has 5 nitrogen and oxygen atoms in total. The third-order valence-electron chi connectivity index (χ3n) is 7.18. The van der Waals surface area contributed by atoms with Crippen molar-refractivity contribution in [2.75, 3.05) is 38.2 Å². The second-order valence-corrected chi connectivity index (χ2v) is 9.64. The van der Waals surface area contributed by atoms with E-state index in [0.29, 0.717) is 12.0 Å². The van der Waals surface area contributed by atoms with Crippen molar-refractivity contribution in [3.8, 4) is 5.75 Å². The van der Waals surface area contributed by atoms with Gasteiger partial charge in [0.25, 0.3) is 5.91 Å². The summed E-state index contributed by atoms with van der Waals surface area (Å²) in [7, 11) is 2.10. The summed E-state index contributed by atoms with van der Waals surface area (Å²) in [5, 5.41) is 4.59. The summed E-state index contributed by atoms with van der Waals surface area (Å²) in [6.45, 7) is 4.04. The molecule has 5 aliphatic rings. The quantitative estimate of drug-likeness (QED) is 0.866. The Kier molecular flexibility index (Phi) is 3.36. The lowest BCUT2D eigenvalue weighted by Crippen LogP contribution is -2.65. The highest BCUT2D eigenvalue weighted by Gasteiger charge is 2.60. The van der Waals surface area contributed by atoms with E-state index in [9.17, 15) is 4.79 Å². The zero-order valence-corrected chi connectivity index (χ0v) is 16.5. The Hall–Kier alpha value is -1.79. The van der Waals surface area contributed by atoms with Crippen molar-refractivity contribution in [1.82, 2.24) is 10.2 Å². The Morgan fingerprint density at radius 1 is 1.26 bits per heavy atom.